The van der Waals surface area contributed by atoms with Gasteiger partial charge in [-0.05, 0) is 24.3 Å². The van der Waals surface area contributed by atoms with Crippen LogP contribution in [-0.4, -0.2) is 15.3 Å². The minimum absolute atomic E-state index is 0.193. The normalized spacial score (nSPS) is 11.4. The van der Waals surface area contributed by atoms with Crippen LogP contribution in [0.15, 0.2) is 53.6 Å². The van der Waals surface area contributed by atoms with Gasteiger partial charge in [0, 0.05) is 7.05 Å². The van der Waals surface area contributed by atoms with E-state index in [2.05, 4.69) is 21.6 Å². The minimum atomic E-state index is 0.193. The van der Waals surface area contributed by atoms with Gasteiger partial charge in [0.05, 0.1) is 21.7 Å². The van der Waals surface area contributed by atoms with Crippen molar-refractivity contribution in [3.05, 3.63) is 59.4 Å². The van der Waals surface area contributed by atoms with Gasteiger partial charge in [-0.25, -0.2) is 4.98 Å². The van der Waals surface area contributed by atoms with Crippen LogP contribution in [0, 0.1) is 11.3 Å². The summed E-state index contributed by atoms with van der Waals surface area (Å²) in [5.74, 6) is 0.503. The highest BCUT2D eigenvalue weighted by Gasteiger charge is 2.13. The van der Waals surface area contributed by atoms with Gasteiger partial charge in [0.1, 0.15) is 6.07 Å². The maximum absolute atomic E-state index is 9.37. The SMILES string of the molecule is Cn1c(C(C#N)=NNc2ccccc2Cl)nc2ccccc21. The van der Waals surface area contributed by atoms with Crippen molar-refractivity contribution in [2.75, 3.05) is 5.43 Å². The molecule has 0 aliphatic rings. The van der Waals surface area contributed by atoms with Crippen LogP contribution in [0.3, 0.4) is 0 Å². The molecule has 5 nitrogen and oxygen atoms in total. The Morgan fingerprint density at radius 2 is 1.95 bits per heavy atom. The molecule has 108 valence electrons. The summed E-state index contributed by atoms with van der Waals surface area (Å²) in [6.45, 7) is 0. The number of aryl methyl sites for hydroxylation is 1. The van der Waals surface area contributed by atoms with E-state index >= 15 is 0 Å². The zero-order valence-corrected chi connectivity index (χ0v) is 12.5. The number of hydrazone groups is 1. The van der Waals surface area contributed by atoms with Crippen LogP contribution in [-0.2, 0) is 7.05 Å². The fraction of sp³-hybridized carbons (Fsp3) is 0.0625. The minimum Gasteiger partial charge on any atom is -0.325 e. The van der Waals surface area contributed by atoms with Gasteiger partial charge in [0.25, 0.3) is 0 Å². The number of nitriles is 1. The third-order valence-electron chi connectivity index (χ3n) is 3.27. The van der Waals surface area contributed by atoms with Gasteiger partial charge in [0.2, 0.25) is 5.71 Å². The summed E-state index contributed by atoms with van der Waals surface area (Å²) in [5.41, 5.74) is 5.41. The second-order valence-corrected chi connectivity index (χ2v) is 5.05. The van der Waals surface area contributed by atoms with Gasteiger partial charge in [-0.3, -0.25) is 5.43 Å². The number of rotatable bonds is 3. The van der Waals surface area contributed by atoms with Gasteiger partial charge in [-0.2, -0.15) is 10.4 Å². The van der Waals surface area contributed by atoms with E-state index in [1.165, 1.54) is 0 Å². The first-order valence-electron chi connectivity index (χ1n) is 6.61. The van der Waals surface area contributed by atoms with E-state index in [1.54, 1.807) is 12.1 Å². The Kier molecular flexibility index (Phi) is 3.77. The molecule has 0 spiro atoms. The fourth-order valence-electron chi connectivity index (χ4n) is 2.15. The Bertz CT molecular complexity index is 904. The van der Waals surface area contributed by atoms with E-state index in [0.29, 0.717) is 16.5 Å². The second kappa shape index (κ2) is 5.88. The average molecular weight is 310 g/mol. The lowest BCUT2D eigenvalue weighted by Crippen LogP contribution is -2.09. The average Bonchev–Trinajstić information content (AvgIpc) is 2.87. The topological polar surface area (TPSA) is 66.0 Å². The number of benzene rings is 2. The maximum Gasteiger partial charge on any atom is 0.203 e. The van der Waals surface area contributed by atoms with Crippen LogP contribution in [0.5, 0.6) is 0 Å². The molecule has 0 amide bonds. The third kappa shape index (κ3) is 2.52. The van der Waals surface area contributed by atoms with E-state index in [0.717, 1.165) is 11.0 Å². The molecular weight excluding hydrogens is 298 g/mol. The number of anilines is 1. The van der Waals surface area contributed by atoms with Gasteiger partial charge < -0.3 is 4.57 Å². The van der Waals surface area contributed by atoms with Crippen LogP contribution in [0.1, 0.15) is 5.82 Å². The number of hydrogen-bond acceptors (Lipinski definition) is 4. The Morgan fingerprint density at radius 3 is 2.68 bits per heavy atom. The molecule has 0 saturated carbocycles. The smallest absolute Gasteiger partial charge is 0.203 e. The molecular formula is C16H12ClN5. The van der Waals surface area contributed by atoms with E-state index in [9.17, 15) is 5.26 Å². The van der Waals surface area contributed by atoms with Crippen molar-refractivity contribution < 1.29 is 0 Å². The first-order chi connectivity index (χ1) is 10.7. The molecule has 0 aliphatic heterocycles. The Balaban J connectivity index is 2.00. The molecule has 1 heterocycles. The Labute approximate surface area is 132 Å². The Hall–Kier alpha value is -2.84. The molecule has 1 aromatic heterocycles. The number of halogens is 1. The van der Waals surface area contributed by atoms with Crippen molar-refractivity contribution in [3.63, 3.8) is 0 Å². The van der Waals surface area contributed by atoms with Gasteiger partial charge >= 0.3 is 0 Å². The Morgan fingerprint density at radius 1 is 1.23 bits per heavy atom. The molecule has 6 heteroatoms. The van der Waals surface area contributed by atoms with Crippen molar-refractivity contribution >= 4 is 34.0 Å². The number of imidazole rings is 1. The molecule has 1 N–H and O–H groups in total. The lowest BCUT2D eigenvalue weighted by molar-refractivity contribution is 0.929. The maximum atomic E-state index is 9.37. The zero-order valence-electron chi connectivity index (χ0n) is 11.8. The summed E-state index contributed by atoms with van der Waals surface area (Å²) < 4.78 is 1.84. The molecule has 0 aliphatic carbocycles. The summed E-state index contributed by atoms with van der Waals surface area (Å²) in [7, 11) is 1.85. The summed E-state index contributed by atoms with van der Waals surface area (Å²) in [4.78, 5) is 4.45. The van der Waals surface area contributed by atoms with Crippen molar-refractivity contribution in [1.82, 2.24) is 9.55 Å². The summed E-state index contributed by atoms with van der Waals surface area (Å²) in [6, 6.07) is 17.0. The summed E-state index contributed by atoms with van der Waals surface area (Å²) >= 11 is 6.06. The fourth-order valence-corrected chi connectivity index (χ4v) is 2.33. The molecule has 0 radical (unpaired) electrons. The van der Waals surface area contributed by atoms with Crippen molar-refractivity contribution in [2.24, 2.45) is 12.1 Å². The van der Waals surface area contributed by atoms with Crippen molar-refractivity contribution in [1.29, 1.82) is 5.26 Å². The van der Waals surface area contributed by atoms with Crippen LogP contribution in [0.2, 0.25) is 5.02 Å². The number of nitrogens with zero attached hydrogens (tertiary/aromatic N) is 4. The van der Waals surface area contributed by atoms with Crippen LogP contribution in [0.25, 0.3) is 11.0 Å². The van der Waals surface area contributed by atoms with E-state index in [1.807, 2.05) is 48.0 Å². The first-order valence-corrected chi connectivity index (χ1v) is 6.98. The van der Waals surface area contributed by atoms with E-state index < -0.39 is 0 Å². The molecule has 3 aromatic rings. The lowest BCUT2D eigenvalue weighted by Gasteiger charge is -2.04. The second-order valence-electron chi connectivity index (χ2n) is 4.65. The van der Waals surface area contributed by atoms with Gasteiger partial charge in [-0.15, -0.1) is 0 Å². The standard InChI is InChI=1S/C16H12ClN5/c1-22-15-9-5-4-8-13(15)19-16(22)14(10-18)21-20-12-7-3-2-6-11(12)17/h2-9,20H,1H3. The molecule has 0 fully saturated rings. The number of aromatic nitrogens is 2. The lowest BCUT2D eigenvalue weighted by atomic mass is 10.3. The molecule has 2 aromatic carbocycles. The van der Waals surface area contributed by atoms with Crippen LogP contribution < -0.4 is 5.43 Å². The number of fused-ring (bicyclic) bond motifs is 1. The highest BCUT2D eigenvalue weighted by molar-refractivity contribution is 6.33. The van der Waals surface area contributed by atoms with Crippen LogP contribution in [0.4, 0.5) is 5.69 Å². The highest BCUT2D eigenvalue weighted by atomic mass is 35.5. The van der Waals surface area contributed by atoms with E-state index in [4.69, 9.17) is 11.6 Å². The predicted molar refractivity (Wildman–Crippen MR) is 87.9 cm³/mol. The zero-order chi connectivity index (χ0) is 15.5. The number of hydrogen-bond donors (Lipinski definition) is 1. The molecule has 0 saturated heterocycles. The third-order valence-corrected chi connectivity index (χ3v) is 3.60. The van der Waals surface area contributed by atoms with Crippen molar-refractivity contribution in [2.45, 2.75) is 0 Å². The summed E-state index contributed by atoms with van der Waals surface area (Å²) in [5, 5.41) is 14.0. The molecule has 0 atom stereocenters. The largest absolute Gasteiger partial charge is 0.325 e. The van der Waals surface area contributed by atoms with Gasteiger partial charge in [-0.1, -0.05) is 35.9 Å². The summed E-state index contributed by atoms with van der Waals surface area (Å²) in [6.07, 6.45) is 0. The molecule has 0 unspecified atom stereocenters. The van der Waals surface area contributed by atoms with E-state index in [-0.39, 0.29) is 5.71 Å². The molecule has 0 bridgehead atoms. The molecule has 22 heavy (non-hydrogen) atoms. The predicted octanol–water partition coefficient (Wildman–Crippen LogP) is 3.57. The first kappa shape index (κ1) is 14.1. The molecule has 3 rings (SSSR count). The monoisotopic (exact) mass is 309 g/mol. The van der Waals surface area contributed by atoms with Crippen molar-refractivity contribution in [3.8, 4) is 6.07 Å². The number of nitrogens with one attached hydrogen (secondary N) is 1. The van der Waals surface area contributed by atoms with Crippen LogP contribution >= 0.6 is 11.6 Å². The van der Waals surface area contributed by atoms with Gasteiger partial charge in [0.15, 0.2) is 5.82 Å². The quantitative estimate of drug-likeness (QED) is 0.594. The highest BCUT2D eigenvalue weighted by Crippen LogP contribution is 2.21. The number of para-hydroxylation sites is 3.